The standard InChI is InChI=1S/C17H25N3O/c1-12(2)18-16-13(3)15(11-17(4,5)21)19-20(16)14-9-7-6-8-10-14/h6-10,12,18,21H,11H2,1-5H3. The van der Waals surface area contributed by atoms with Crippen molar-refractivity contribution in [2.24, 2.45) is 0 Å². The molecule has 0 atom stereocenters. The van der Waals surface area contributed by atoms with Gasteiger partial charge in [-0.3, -0.25) is 0 Å². The van der Waals surface area contributed by atoms with E-state index in [4.69, 9.17) is 5.10 Å². The van der Waals surface area contributed by atoms with Gasteiger partial charge in [-0.25, -0.2) is 4.68 Å². The number of hydrogen-bond acceptors (Lipinski definition) is 3. The summed E-state index contributed by atoms with van der Waals surface area (Å²) < 4.78 is 1.93. The molecule has 2 aromatic rings. The molecule has 0 spiro atoms. The van der Waals surface area contributed by atoms with Gasteiger partial charge in [-0.05, 0) is 46.8 Å². The highest BCUT2D eigenvalue weighted by Gasteiger charge is 2.22. The molecule has 0 aliphatic carbocycles. The fraction of sp³-hybridized carbons (Fsp3) is 0.471. The Hall–Kier alpha value is -1.81. The van der Waals surface area contributed by atoms with E-state index in [-0.39, 0.29) is 0 Å². The van der Waals surface area contributed by atoms with Crippen LogP contribution in [0.3, 0.4) is 0 Å². The predicted molar refractivity (Wildman–Crippen MR) is 87.1 cm³/mol. The van der Waals surface area contributed by atoms with E-state index in [1.165, 1.54) is 0 Å². The molecule has 1 aromatic carbocycles. The largest absolute Gasteiger partial charge is 0.390 e. The molecule has 0 bridgehead atoms. The van der Waals surface area contributed by atoms with Gasteiger partial charge < -0.3 is 10.4 Å². The van der Waals surface area contributed by atoms with E-state index in [1.807, 2.05) is 48.9 Å². The summed E-state index contributed by atoms with van der Waals surface area (Å²) in [6.45, 7) is 9.89. The molecule has 21 heavy (non-hydrogen) atoms. The molecule has 0 fully saturated rings. The van der Waals surface area contributed by atoms with Crippen LogP contribution in [0.2, 0.25) is 0 Å². The fourth-order valence-electron chi connectivity index (χ4n) is 2.32. The third-order valence-corrected chi connectivity index (χ3v) is 3.25. The van der Waals surface area contributed by atoms with E-state index >= 15 is 0 Å². The highest BCUT2D eigenvalue weighted by Crippen LogP contribution is 2.26. The van der Waals surface area contributed by atoms with E-state index in [1.54, 1.807) is 0 Å². The highest BCUT2D eigenvalue weighted by atomic mass is 16.3. The Morgan fingerprint density at radius 2 is 1.86 bits per heavy atom. The maximum Gasteiger partial charge on any atom is 0.133 e. The van der Waals surface area contributed by atoms with Crippen LogP contribution < -0.4 is 5.32 Å². The van der Waals surface area contributed by atoms with Crippen LogP contribution in [-0.2, 0) is 6.42 Å². The predicted octanol–water partition coefficient (Wildman–Crippen LogP) is 3.31. The Kier molecular flexibility index (Phi) is 4.37. The van der Waals surface area contributed by atoms with Crippen molar-refractivity contribution in [1.29, 1.82) is 0 Å². The van der Waals surface area contributed by atoms with E-state index < -0.39 is 5.60 Å². The third kappa shape index (κ3) is 3.85. The minimum atomic E-state index is -0.768. The molecular formula is C17H25N3O. The van der Waals surface area contributed by atoms with Crippen molar-refractivity contribution >= 4 is 5.82 Å². The normalized spacial score (nSPS) is 12.0. The monoisotopic (exact) mass is 287 g/mol. The molecule has 2 N–H and O–H groups in total. The molecule has 2 rings (SSSR count). The SMILES string of the molecule is Cc1c(CC(C)(C)O)nn(-c2ccccc2)c1NC(C)C. The molecule has 0 saturated carbocycles. The fourth-order valence-corrected chi connectivity index (χ4v) is 2.32. The van der Waals surface area contributed by atoms with Crippen LogP contribution in [-0.4, -0.2) is 26.5 Å². The first-order chi connectivity index (χ1) is 9.78. The van der Waals surface area contributed by atoms with Gasteiger partial charge in [0, 0.05) is 18.0 Å². The van der Waals surface area contributed by atoms with Crippen LogP contribution in [0.15, 0.2) is 30.3 Å². The zero-order valence-corrected chi connectivity index (χ0v) is 13.5. The summed E-state index contributed by atoms with van der Waals surface area (Å²) in [6.07, 6.45) is 0.533. The molecule has 0 amide bonds. The summed E-state index contributed by atoms with van der Waals surface area (Å²) in [5.41, 5.74) is 2.27. The van der Waals surface area contributed by atoms with Crippen molar-refractivity contribution in [1.82, 2.24) is 9.78 Å². The lowest BCUT2D eigenvalue weighted by Gasteiger charge is -2.15. The van der Waals surface area contributed by atoms with Crippen LogP contribution in [0.1, 0.15) is 39.0 Å². The molecule has 0 unspecified atom stereocenters. The number of rotatable bonds is 5. The summed E-state index contributed by atoms with van der Waals surface area (Å²) in [5, 5.41) is 18.3. The van der Waals surface area contributed by atoms with E-state index in [0.717, 1.165) is 22.8 Å². The van der Waals surface area contributed by atoms with Crippen LogP contribution in [0, 0.1) is 6.92 Å². The average Bonchev–Trinajstić information content (AvgIpc) is 2.66. The maximum atomic E-state index is 10.1. The first-order valence-corrected chi connectivity index (χ1v) is 7.41. The van der Waals surface area contributed by atoms with Crippen LogP contribution >= 0.6 is 0 Å². The average molecular weight is 287 g/mol. The number of hydrogen-bond donors (Lipinski definition) is 2. The quantitative estimate of drug-likeness (QED) is 0.887. The van der Waals surface area contributed by atoms with Gasteiger partial charge in [-0.15, -0.1) is 0 Å². The van der Waals surface area contributed by atoms with Gasteiger partial charge in [0.25, 0.3) is 0 Å². The summed E-state index contributed by atoms with van der Waals surface area (Å²) in [5.74, 6) is 0.996. The van der Waals surface area contributed by atoms with Gasteiger partial charge in [0.05, 0.1) is 17.0 Å². The molecule has 114 valence electrons. The van der Waals surface area contributed by atoms with Gasteiger partial charge in [0.2, 0.25) is 0 Å². The number of aromatic nitrogens is 2. The van der Waals surface area contributed by atoms with Gasteiger partial charge in [-0.1, -0.05) is 18.2 Å². The molecule has 0 saturated heterocycles. The summed E-state index contributed by atoms with van der Waals surface area (Å²) >= 11 is 0. The second-order valence-corrected chi connectivity index (χ2v) is 6.46. The molecule has 4 nitrogen and oxygen atoms in total. The minimum Gasteiger partial charge on any atom is -0.390 e. The van der Waals surface area contributed by atoms with Crippen molar-refractivity contribution in [3.63, 3.8) is 0 Å². The molecular weight excluding hydrogens is 262 g/mol. The zero-order chi connectivity index (χ0) is 15.6. The molecule has 1 aromatic heterocycles. The lowest BCUT2D eigenvalue weighted by molar-refractivity contribution is 0.0797. The number of anilines is 1. The summed E-state index contributed by atoms with van der Waals surface area (Å²) in [7, 11) is 0. The van der Waals surface area contributed by atoms with Gasteiger partial charge >= 0.3 is 0 Å². The molecule has 0 aliphatic heterocycles. The second kappa shape index (κ2) is 5.90. The van der Waals surface area contributed by atoms with Gasteiger partial charge in [0.15, 0.2) is 0 Å². The first-order valence-electron chi connectivity index (χ1n) is 7.41. The smallest absolute Gasteiger partial charge is 0.133 e. The number of nitrogens with one attached hydrogen (secondary N) is 1. The van der Waals surface area contributed by atoms with Crippen molar-refractivity contribution in [2.75, 3.05) is 5.32 Å². The van der Waals surface area contributed by atoms with Crippen molar-refractivity contribution in [3.05, 3.63) is 41.6 Å². The molecule has 0 aliphatic rings. The van der Waals surface area contributed by atoms with E-state index in [0.29, 0.717) is 12.5 Å². The third-order valence-electron chi connectivity index (χ3n) is 3.25. The molecule has 4 heteroatoms. The van der Waals surface area contributed by atoms with Crippen LogP contribution in [0.5, 0.6) is 0 Å². The Bertz CT molecular complexity index is 594. The zero-order valence-electron chi connectivity index (χ0n) is 13.5. The lowest BCUT2D eigenvalue weighted by Crippen LogP contribution is -2.22. The second-order valence-electron chi connectivity index (χ2n) is 6.46. The summed E-state index contributed by atoms with van der Waals surface area (Å²) in [6, 6.07) is 10.4. The van der Waals surface area contributed by atoms with E-state index in [2.05, 4.69) is 26.1 Å². The Morgan fingerprint density at radius 3 is 2.38 bits per heavy atom. The van der Waals surface area contributed by atoms with Crippen LogP contribution in [0.25, 0.3) is 5.69 Å². The van der Waals surface area contributed by atoms with Crippen molar-refractivity contribution in [2.45, 2.75) is 52.7 Å². The Labute approximate surface area is 126 Å². The lowest BCUT2D eigenvalue weighted by atomic mass is 10.0. The van der Waals surface area contributed by atoms with Crippen molar-refractivity contribution in [3.8, 4) is 5.69 Å². The minimum absolute atomic E-state index is 0.317. The topological polar surface area (TPSA) is 50.1 Å². The molecule has 0 radical (unpaired) electrons. The van der Waals surface area contributed by atoms with Crippen molar-refractivity contribution < 1.29 is 5.11 Å². The molecule has 1 heterocycles. The summed E-state index contributed by atoms with van der Waals surface area (Å²) in [4.78, 5) is 0. The van der Waals surface area contributed by atoms with Gasteiger partial charge in [-0.2, -0.15) is 5.10 Å². The Balaban J connectivity index is 2.50. The highest BCUT2D eigenvalue weighted by molar-refractivity contribution is 5.53. The maximum absolute atomic E-state index is 10.1. The van der Waals surface area contributed by atoms with E-state index in [9.17, 15) is 5.11 Å². The number of aliphatic hydroxyl groups is 1. The Morgan fingerprint density at radius 1 is 1.24 bits per heavy atom. The number of para-hydroxylation sites is 1. The first kappa shape index (κ1) is 15.6. The van der Waals surface area contributed by atoms with Gasteiger partial charge in [0.1, 0.15) is 5.82 Å². The number of nitrogens with zero attached hydrogens (tertiary/aromatic N) is 2. The van der Waals surface area contributed by atoms with Crippen LogP contribution in [0.4, 0.5) is 5.82 Å². The number of benzene rings is 1.